The molecule has 4 aromatic heterocycles. The lowest BCUT2D eigenvalue weighted by atomic mass is 10.1. The Morgan fingerprint density at radius 3 is 2.06 bits per heavy atom. The minimum Gasteiger partial charge on any atom is -0.478 e. The monoisotopic (exact) mass is 698 g/mol. The van der Waals surface area contributed by atoms with Crippen LogP contribution in [0, 0.1) is 12.7 Å². The Labute approximate surface area is 291 Å². The number of hydrogen-bond donors (Lipinski definition) is 2. The Morgan fingerprint density at radius 1 is 0.780 bits per heavy atom. The number of halogens is 2. The molecule has 0 fully saturated rings. The molecule has 0 saturated carbocycles. The number of nitrogens with zero attached hydrogens (tertiary/aromatic N) is 6. The summed E-state index contributed by atoms with van der Waals surface area (Å²) in [5.41, 5.74) is 3.99. The van der Waals surface area contributed by atoms with Crippen molar-refractivity contribution in [1.82, 2.24) is 29.5 Å². The molecule has 6 aromatic rings. The van der Waals surface area contributed by atoms with E-state index < -0.39 is 11.9 Å². The normalized spacial score (nSPS) is 10.6. The molecule has 0 bridgehead atoms. The second-order valence-corrected chi connectivity index (χ2v) is 11.3. The highest BCUT2D eigenvalue weighted by molar-refractivity contribution is 6.30. The highest BCUT2D eigenvalue weighted by Gasteiger charge is 2.16. The van der Waals surface area contributed by atoms with Gasteiger partial charge >= 0.3 is 11.9 Å². The van der Waals surface area contributed by atoms with Crippen molar-refractivity contribution in [3.63, 3.8) is 0 Å². The van der Waals surface area contributed by atoms with Crippen LogP contribution in [0.5, 0.6) is 11.8 Å². The molecule has 0 atom stereocenters. The van der Waals surface area contributed by atoms with E-state index in [0.29, 0.717) is 35.0 Å². The van der Waals surface area contributed by atoms with E-state index in [0.717, 1.165) is 35.1 Å². The van der Waals surface area contributed by atoms with Crippen molar-refractivity contribution >= 4 is 23.5 Å². The molecule has 0 unspecified atom stereocenters. The summed E-state index contributed by atoms with van der Waals surface area (Å²) in [4.78, 5) is 30.6. The average molecular weight is 699 g/mol. The third-order valence-corrected chi connectivity index (χ3v) is 7.55. The summed E-state index contributed by atoms with van der Waals surface area (Å²) in [6, 6.07) is 19.1. The molecule has 0 saturated heterocycles. The van der Waals surface area contributed by atoms with Gasteiger partial charge in [0.25, 0.3) is 0 Å². The molecular formula is C36H32ClFN6O6. The second kappa shape index (κ2) is 16.3. The number of carbonyl (C=O) groups is 2. The van der Waals surface area contributed by atoms with Gasteiger partial charge in [-0.2, -0.15) is 19.6 Å². The quantitative estimate of drug-likeness (QED) is 0.135. The lowest BCUT2D eigenvalue weighted by Crippen LogP contribution is -2.07. The number of ether oxygens (including phenoxy) is 2. The van der Waals surface area contributed by atoms with Crippen LogP contribution in [0.2, 0.25) is 5.02 Å². The van der Waals surface area contributed by atoms with Crippen molar-refractivity contribution < 1.29 is 33.7 Å². The lowest BCUT2D eigenvalue weighted by molar-refractivity contribution is 0.0686. The van der Waals surface area contributed by atoms with Crippen LogP contribution in [0.25, 0.3) is 11.6 Å². The van der Waals surface area contributed by atoms with Gasteiger partial charge in [0.1, 0.15) is 19.0 Å². The molecule has 50 heavy (non-hydrogen) atoms. The van der Waals surface area contributed by atoms with Gasteiger partial charge in [0.05, 0.1) is 23.5 Å². The van der Waals surface area contributed by atoms with Crippen molar-refractivity contribution in [2.75, 3.05) is 0 Å². The molecular weight excluding hydrogens is 667 g/mol. The van der Waals surface area contributed by atoms with E-state index in [1.54, 1.807) is 30.6 Å². The zero-order chi connectivity index (χ0) is 35.6. The fraction of sp³-hybridized carbons (Fsp3) is 0.167. The van der Waals surface area contributed by atoms with Gasteiger partial charge in [-0.1, -0.05) is 43.1 Å². The first-order valence-corrected chi connectivity index (χ1v) is 15.8. The van der Waals surface area contributed by atoms with Gasteiger partial charge in [-0.05, 0) is 78.6 Å². The van der Waals surface area contributed by atoms with E-state index in [9.17, 15) is 19.1 Å². The molecule has 0 aliphatic heterocycles. The summed E-state index contributed by atoms with van der Waals surface area (Å²) in [5, 5.41) is 27.4. The Bertz CT molecular complexity index is 2100. The summed E-state index contributed by atoms with van der Waals surface area (Å²) < 4.78 is 27.7. The maximum atomic E-state index is 13.0. The van der Waals surface area contributed by atoms with E-state index in [1.165, 1.54) is 58.2 Å². The van der Waals surface area contributed by atoms with Gasteiger partial charge in [-0.15, -0.1) is 0 Å². The van der Waals surface area contributed by atoms with E-state index in [1.807, 2.05) is 32.0 Å². The topological polar surface area (TPSA) is 154 Å². The first kappa shape index (κ1) is 35.2. The van der Waals surface area contributed by atoms with E-state index in [4.69, 9.17) is 26.2 Å². The molecule has 2 aromatic carbocycles. The smallest absolute Gasteiger partial charge is 0.335 e. The SMILES string of the molecule is CCCc1cnn(-c2cc(C(=O)O)ccn2)c1OCc1ccc(F)cc1.Cc1cc(Cl)ccc1COc1ccnn1-c1cc(C(=O)O)ccn1. The van der Waals surface area contributed by atoms with Crippen LogP contribution in [-0.2, 0) is 19.6 Å². The number of aryl methyl sites for hydroxylation is 2. The summed E-state index contributed by atoms with van der Waals surface area (Å²) >= 11 is 5.95. The molecule has 0 aliphatic carbocycles. The number of aromatic nitrogens is 6. The fourth-order valence-corrected chi connectivity index (χ4v) is 4.97. The molecule has 0 spiro atoms. The van der Waals surface area contributed by atoms with Gasteiger partial charge in [0.15, 0.2) is 11.6 Å². The maximum absolute atomic E-state index is 13.0. The Balaban J connectivity index is 0.000000195. The van der Waals surface area contributed by atoms with E-state index in [-0.39, 0.29) is 23.6 Å². The van der Waals surface area contributed by atoms with Gasteiger partial charge in [0.2, 0.25) is 11.8 Å². The Morgan fingerprint density at radius 2 is 1.44 bits per heavy atom. The number of carboxylic acids is 2. The minimum atomic E-state index is -1.04. The molecule has 6 rings (SSSR count). The van der Waals surface area contributed by atoms with Crippen LogP contribution in [0.3, 0.4) is 0 Å². The molecule has 14 heteroatoms. The van der Waals surface area contributed by atoms with Gasteiger partial charge < -0.3 is 19.7 Å². The first-order chi connectivity index (χ1) is 24.1. The van der Waals surface area contributed by atoms with Crippen molar-refractivity contribution in [1.29, 1.82) is 0 Å². The fourth-order valence-electron chi connectivity index (χ4n) is 4.74. The van der Waals surface area contributed by atoms with E-state index >= 15 is 0 Å². The predicted molar refractivity (Wildman–Crippen MR) is 182 cm³/mol. The van der Waals surface area contributed by atoms with Crippen LogP contribution >= 0.6 is 11.6 Å². The van der Waals surface area contributed by atoms with E-state index in [2.05, 4.69) is 20.2 Å². The van der Waals surface area contributed by atoms with Crippen molar-refractivity contribution in [2.24, 2.45) is 0 Å². The Kier molecular flexibility index (Phi) is 11.5. The Hall–Kier alpha value is -6.08. The molecule has 256 valence electrons. The molecule has 0 aliphatic rings. The van der Waals surface area contributed by atoms with Crippen molar-refractivity contribution in [2.45, 2.75) is 39.9 Å². The number of benzene rings is 2. The number of aromatic carboxylic acids is 2. The first-order valence-electron chi connectivity index (χ1n) is 15.4. The summed E-state index contributed by atoms with van der Waals surface area (Å²) in [6.07, 6.45) is 7.77. The number of rotatable bonds is 12. The minimum absolute atomic E-state index is 0.118. The third-order valence-electron chi connectivity index (χ3n) is 7.31. The summed E-state index contributed by atoms with van der Waals surface area (Å²) in [7, 11) is 0. The largest absolute Gasteiger partial charge is 0.478 e. The predicted octanol–water partition coefficient (Wildman–Crippen LogP) is 7.14. The molecule has 0 amide bonds. The van der Waals surface area contributed by atoms with Crippen LogP contribution < -0.4 is 9.47 Å². The number of carboxylic acid groups (broad SMARTS) is 2. The number of pyridine rings is 2. The highest BCUT2D eigenvalue weighted by Crippen LogP contribution is 2.25. The summed E-state index contributed by atoms with van der Waals surface area (Å²) in [6.45, 7) is 4.58. The number of hydrogen-bond acceptors (Lipinski definition) is 8. The van der Waals surface area contributed by atoms with Crippen LogP contribution in [0.4, 0.5) is 4.39 Å². The van der Waals surface area contributed by atoms with Crippen LogP contribution in [0.15, 0.2) is 97.6 Å². The molecule has 4 heterocycles. The zero-order valence-corrected chi connectivity index (χ0v) is 27.8. The standard InChI is InChI=1S/C19H18FN3O3.C17H14ClN3O3/c1-2-3-15-11-22-23(17-10-14(19(24)25)8-9-21-17)18(15)26-12-13-4-6-16(20)7-5-13;1-11-8-14(18)3-2-13(11)10-24-16-5-7-20-21(16)15-9-12(17(22)23)4-6-19-15/h4-11H,2-3,12H2,1H3,(H,24,25);2-9H,10H2,1H3,(H,22,23). The highest BCUT2D eigenvalue weighted by atomic mass is 35.5. The van der Waals surface area contributed by atoms with Crippen molar-refractivity contribution in [3.8, 4) is 23.4 Å². The van der Waals surface area contributed by atoms with Crippen molar-refractivity contribution in [3.05, 3.63) is 142 Å². The summed E-state index contributed by atoms with van der Waals surface area (Å²) in [5.74, 6) is -0.650. The van der Waals surface area contributed by atoms with Gasteiger partial charge in [-0.3, -0.25) is 0 Å². The maximum Gasteiger partial charge on any atom is 0.335 e. The van der Waals surface area contributed by atoms with Gasteiger partial charge in [-0.25, -0.2) is 23.9 Å². The average Bonchev–Trinajstić information content (AvgIpc) is 3.75. The zero-order valence-electron chi connectivity index (χ0n) is 27.0. The molecule has 0 radical (unpaired) electrons. The van der Waals surface area contributed by atoms with Crippen LogP contribution in [0.1, 0.15) is 56.3 Å². The lowest BCUT2D eigenvalue weighted by Gasteiger charge is -2.11. The molecule has 2 N–H and O–H groups in total. The van der Waals surface area contributed by atoms with Gasteiger partial charge in [0, 0.05) is 29.0 Å². The second-order valence-electron chi connectivity index (χ2n) is 10.9. The molecule has 12 nitrogen and oxygen atoms in total. The van der Waals surface area contributed by atoms with Crippen LogP contribution in [-0.4, -0.2) is 51.7 Å². The third kappa shape index (κ3) is 8.88.